The number of benzene rings is 1. The highest BCUT2D eigenvalue weighted by molar-refractivity contribution is 5.75. The molecule has 0 radical (unpaired) electrons. The van der Waals surface area contributed by atoms with Crippen molar-refractivity contribution in [1.82, 2.24) is 10.2 Å². The number of piperazine rings is 1. The molecular weight excluding hydrogens is 294 g/mol. The minimum absolute atomic E-state index is 0.0826. The first-order valence-corrected chi connectivity index (χ1v) is 8.18. The van der Waals surface area contributed by atoms with Crippen LogP contribution in [0, 0.1) is 0 Å². The van der Waals surface area contributed by atoms with Crippen LogP contribution in [0.2, 0.25) is 0 Å². The Kier molecular flexibility index (Phi) is 6.26. The zero-order valence-corrected chi connectivity index (χ0v) is 13.6. The van der Waals surface area contributed by atoms with Crippen molar-refractivity contribution in [3.8, 4) is 0 Å². The Hall–Kier alpha value is -2.24. The van der Waals surface area contributed by atoms with Gasteiger partial charge >= 0.3 is 12.0 Å². The van der Waals surface area contributed by atoms with Gasteiger partial charge in [-0.15, -0.1) is 0 Å². The average Bonchev–Trinajstić information content (AvgIpc) is 2.58. The second kappa shape index (κ2) is 8.41. The summed E-state index contributed by atoms with van der Waals surface area (Å²) >= 11 is 0. The number of carbonyl (C=O) groups is 2. The molecule has 2 N–H and O–H groups in total. The molecule has 1 fully saturated rings. The van der Waals surface area contributed by atoms with Gasteiger partial charge in [0.1, 0.15) is 0 Å². The minimum atomic E-state index is -0.831. The summed E-state index contributed by atoms with van der Waals surface area (Å²) in [7, 11) is 0. The van der Waals surface area contributed by atoms with Gasteiger partial charge in [-0.25, -0.2) is 4.79 Å². The van der Waals surface area contributed by atoms with Gasteiger partial charge in [0, 0.05) is 38.3 Å². The number of hydrogen-bond donors (Lipinski definition) is 2. The third-order valence-electron chi connectivity index (χ3n) is 4.18. The highest BCUT2D eigenvalue weighted by Crippen LogP contribution is 2.20. The molecule has 1 aromatic rings. The fourth-order valence-corrected chi connectivity index (χ4v) is 2.88. The van der Waals surface area contributed by atoms with Crippen LogP contribution in [0.15, 0.2) is 30.3 Å². The van der Waals surface area contributed by atoms with Gasteiger partial charge in [-0.2, -0.15) is 0 Å². The SMILES string of the molecule is CCC1CN(c2ccccc2)CCN1C(=O)NCCCC(=O)O. The largest absolute Gasteiger partial charge is 0.481 e. The maximum absolute atomic E-state index is 12.3. The number of rotatable bonds is 6. The van der Waals surface area contributed by atoms with Crippen molar-refractivity contribution in [1.29, 1.82) is 0 Å². The predicted octanol–water partition coefficient (Wildman–Crippen LogP) is 2.16. The summed E-state index contributed by atoms with van der Waals surface area (Å²) in [5.74, 6) is -0.831. The van der Waals surface area contributed by atoms with E-state index in [0.717, 1.165) is 19.5 Å². The number of aliphatic carboxylic acids is 1. The van der Waals surface area contributed by atoms with Crippen molar-refractivity contribution in [3.05, 3.63) is 30.3 Å². The van der Waals surface area contributed by atoms with Crippen molar-refractivity contribution in [2.75, 3.05) is 31.1 Å². The lowest BCUT2D eigenvalue weighted by molar-refractivity contribution is -0.137. The number of hydrogen-bond acceptors (Lipinski definition) is 3. The molecule has 6 nitrogen and oxygen atoms in total. The van der Waals surface area contributed by atoms with Crippen LogP contribution < -0.4 is 10.2 Å². The van der Waals surface area contributed by atoms with Crippen LogP contribution >= 0.6 is 0 Å². The van der Waals surface area contributed by atoms with E-state index in [-0.39, 0.29) is 18.5 Å². The molecule has 1 atom stereocenters. The second-order valence-electron chi connectivity index (χ2n) is 5.77. The van der Waals surface area contributed by atoms with E-state index in [1.807, 2.05) is 23.1 Å². The predicted molar refractivity (Wildman–Crippen MR) is 89.7 cm³/mol. The molecular formula is C17H25N3O3. The normalized spacial score (nSPS) is 17.9. The Morgan fingerprint density at radius 1 is 1.26 bits per heavy atom. The standard InChI is InChI=1S/C17H25N3O3/c1-2-14-13-19(15-7-4-3-5-8-15)11-12-20(14)17(23)18-10-6-9-16(21)22/h3-5,7-8,14H,2,6,9-13H2,1H3,(H,18,23)(H,21,22). The number of carbonyl (C=O) groups excluding carboxylic acids is 1. The molecule has 0 aromatic heterocycles. The van der Waals surface area contributed by atoms with E-state index in [1.165, 1.54) is 5.69 Å². The summed E-state index contributed by atoms with van der Waals surface area (Å²) in [5.41, 5.74) is 1.19. The summed E-state index contributed by atoms with van der Waals surface area (Å²) in [4.78, 5) is 27.0. The molecule has 2 rings (SSSR count). The van der Waals surface area contributed by atoms with Crippen molar-refractivity contribution in [3.63, 3.8) is 0 Å². The molecule has 0 saturated carbocycles. The molecule has 1 heterocycles. The van der Waals surface area contributed by atoms with Gasteiger partial charge < -0.3 is 20.2 Å². The number of para-hydroxylation sites is 1. The molecule has 0 bridgehead atoms. The first kappa shape index (κ1) is 17.1. The van der Waals surface area contributed by atoms with Gasteiger partial charge in [0.15, 0.2) is 0 Å². The molecule has 1 saturated heterocycles. The Morgan fingerprint density at radius 3 is 2.65 bits per heavy atom. The topological polar surface area (TPSA) is 72.9 Å². The lowest BCUT2D eigenvalue weighted by atomic mass is 10.1. The van der Waals surface area contributed by atoms with E-state index in [1.54, 1.807) is 0 Å². The molecule has 6 heteroatoms. The van der Waals surface area contributed by atoms with E-state index in [0.29, 0.717) is 19.5 Å². The molecule has 0 aliphatic carbocycles. The lowest BCUT2D eigenvalue weighted by Gasteiger charge is -2.42. The maximum atomic E-state index is 12.3. The zero-order valence-electron chi connectivity index (χ0n) is 13.6. The molecule has 1 aliphatic rings. The van der Waals surface area contributed by atoms with Crippen LogP contribution in [0.1, 0.15) is 26.2 Å². The Labute approximate surface area is 137 Å². The number of carboxylic acid groups (broad SMARTS) is 1. The quantitative estimate of drug-likeness (QED) is 0.788. The number of urea groups is 1. The summed E-state index contributed by atoms with van der Waals surface area (Å²) in [6.45, 7) is 4.80. The Bertz CT molecular complexity index is 521. The number of carboxylic acids is 1. The van der Waals surface area contributed by atoms with Gasteiger partial charge in [-0.1, -0.05) is 25.1 Å². The summed E-state index contributed by atoms with van der Waals surface area (Å²) < 4.78 is 0. The number of nitrogens with zero attached hydrogens (tertiary/aromatic N) is 2. The first-order valence-electron chi connectivity index (χ1n) is 8.18. The smallest absolute Gasteiger partial charge is 0.317 e. The molecule has 1 aliphatic heterocycles. The average molecular weight is 319 g/mol. The summed E-state index contributed by atoms with van der Waals surface area (Å²) in [6.07, 6.45) is 1.44. The van der Waals surface area contributed by atoms with Crippen LogP contribution in [0.25, 0.3) is 0 Å². The summed E-state index contributed by atoms with van der Waals surface area (Å²) in [6, 6.07) is 10.3. The minimum Gasteiger partial charge on any atom is -0.481 e. The van der Waals surface area contributed by atoms with E-state index in [9.17, 15) is 9.59 Å². The van der Waals surface area contributed by atoms with Crippen LogP contribution in [0.4, 0.5) is 10.5 Å². The maximum Gasteiger partial charge on any atom is 0.317 e. The van der Waals surface area contributed by atoms with E-state index in [4.69, 9.17) is 5.11 Å². The van der Waals surface area contributed by atoms with E-state index >= 15 is 0 Å². The van der Waals surface area contributed by atoms with Crippen molar-refractivity contribution >= 4 is 17.7 Å². The third kappa shape index (κ3) is 4.87. The number of nitrogens with one attached hydrogen (secondary N) is 1. The highest BCUT2D eigenvalue weighted by Gasteiger charge is 2.29. The van der Waals surface area contributed by atoms with Gasteiger partial charge in [0.05, 0.1) is 6.04 Å². The third-order valence-corrected chi connectivity index (χ3v) is 4.18. The van der Waals surface area contributed by atoms with E-state index < -0.39 is 5.97 Å². The molecule has 1 aromatic carbocycles. The fraction of sp³-hybridized carbons (Fsp3) is 0.529. The Morgan fingerprint density at radius 2 is 2.00 bits per heavy atom. The number of amides is 2. The molecule has 23 heavy (non-hydrogen) atoms. The Balaban J connectivity index is 1.86. The van der Waals surface area contributed by atoms with Gasteiger partial charge in [-0.3, -0.25) is 4.79 Å². The number of anilines is 1. The highest BCUT2D eigenvalue weighted by atomic mass is 16.4. The van der Waals surface area contributed by atoms with Crippen molar-refractivity contribution in [2.24, 2.45) is 0 Å². The molecule has 2 amide bonds. The van der Waals surface area contributed by atoms with Crippen molar-refractivity contribution < 1.29 is 14.7 Å². The van der Waals surface area contributed by atoms with Gasteiger partial charge in [0.25, 0.3) is 0 Å². The van der Waals surface area contributed by atoms with Gasteiger partial charge in [0.2, 0.25) is 0 Å². The monoisotopic (exact) mass is 319 g/mol. The van der Waals surface area contributed by atoms with Crippen LogP contribution in [-0.4, -0.2) is 54.2 Å². The second-order valence-corrected chi connectivity index (χ2v) is 5.77. The summed E-state index contributed by atoms with van der Waals surface area (Å²) in [5, 5.41) is 11.4. The molecule has 0 spiro atoms. The lowest BCUT2D eigenvalue weighted by Crippen LogP contribution is -2.57. The van der Waals surface area contributed by atoms with E-state index in [2.05, 4.69) is 29.3 Å². The van der Waals surface area contributed by atoms with Crippen LogP contribution in [0.5, 0.6) is 0 Å². The van der Waals surface area contributed by atoms with Crippen molar-refractivity contribution in [2.45, 2.75) is 32.2 Å². The van der Waals surface area contributed by atoms with Crippen LogP contribution in [-0.2, 0) is 4.79 Å². The van der Waals surface area contributed by atoms with Gasteiger partial charge in [-0.05, 0) is 25.0 Å². The molecule has 1 unspecified atom stereocenters. The van der Waals surface area contributed by atoms with Crippen LogP contribution in [0.3, 0.4) is 0 Å². The fourth-order valence-electron chi connectivity index (χ4n) is 2.88. The zero-order chi connectivity index (χ0) is 16.7. The first-order chi connectivity index (χ1) is 11.1. The molecule has 126 valence electrons.